The molecule has 18 heavy (non-hydrogen) atoms. The van der Waals surface area contributed by atoms with Crippen LogP contribution in [0.5, 0.6) is 0 Å². The molecule has 1 fully saturated rings. The number of nitrogens with one attached hydrogen (secondary N) is 1. The molecule has 1 aromatic rings. The zero-order valence-corrected chi connectivity index (χ0v) is 11.5. The third kappa shape index (κ3) is 4.04. The number of hydrogen-bond donors (Lipinski definition) is 2. The Morgan fingerprint density at radius 1 is 1.61 bits per heavy atom. The van der Waals surface area contributed by atoms with Gasteiger partial charge in [-0.05, 0) is 19.8 Å². The quantitative estimate of drug-likeness (QED) is 0.834. The number of rotatable bonds is 4. The topological polar surface area (TPSA) is 71.2 Å². The number of thiazole rings is 1. The minimum absolute atomic E-state index is 0.0801. The molecule has 100 valence electrons. The number of aryl methyl sites for hydroxylation is 1. The number of hydrogen-bond acceptors (Lipinski definition) is 5. The van der Waals surface area contributed by atoms with E-state index in [1.165, 1.54) is 0 Å². The third-order valence-corrected chi connectivity index (χ3v) is 4.04. The molecule has 0 aliphatic carbocycles. The van der Waals surface area contributed by atoms with Crippen LogP contribution in [0.15, 0.2) is 6.20 Å². The van der Waals surface area contributed by atoms with Crippen LogP contribution in [0.4, 0.5) is 0 Å². The largest absolute Gasteiger partial charge is 0.350 e. The van der Waals surface area contributed by atoms with Gasteiger partial charge in [0.05, 0.1) is 18.1 Å². The van der Waals surface area contributed by atoms with Gasteiger partial charge in [0.25, 0.3) is 0 Å². The lowest BCUT2D eigenvalue weighted by Crippen LogP contribution is -2.44. The maximum atomic E-state index is 11.8. The molecule has 0 saturated carbocycles. The Bertz CT molecular complexity index is 399. The fraction of sp³-hybridized carbons (Fsp3) is 0.667. The van der Waals surface area contributed by atoms with Crippen LogP contribution in [0, 0.1) is 6.92 Å². The first-order valence-electron chi connectivity index (χ1n) is 6.29. The van der Waals surface area contributed by atoms with Crippen LogP contribution in [0.25, 0.3) is 0 Å². The molecular weight excluding hydrogens is 248 g/mol. The summed E-state index contributed by atoms with van der Waals surface area (Å²) in [6.07, 6.45) is 3.79. The number of carbonyl (C=O) groups excluding carboxylic acids is 1. The van der Waals surface area contributed by atoms with E-state index in [1.54, 1.807) is 11.3 Å². The minimum atomic E-state index is 0.0801. The van der Waals surface area contributed by atoms with Crippen LogP contribution in [0.1, 0.15) is 22.7 Å². The van der Waals surface area contributed by atoms with Gasteiger partial charge in [0.2, 0.25) is 5.91 Å². The normalized spacial score (nSPS) is 17.9. The minimum Gasteiger partial charge on any atom is -0.350 e. The average Bonchev–Trinajstić information content (AvgIpc) is 2.76. The molecule has 0 spiro atoms. The molecule has 0 radical (unpaired) electrons. The Labute approximate surface area is 111 Å². The van der Waals surface area contributed by atoms with Gasteiger partial charge < -0.3 is 11.1 Å². The summed E-state index contributed by atoms with van der Waals surface area (Å²) in [6.45, 7) is 4.87. The van der Waals surface area contributed by atoms with Crippen molar-refractivity contribution in [1.29, 1.82) is 0 Å². The Kier molecular flexibility index (Phi) is 4.68. The summed E-state index contributed by atoms with van der Waals surface area (Å²) >= 11 is 1.62. The molecule has 3 N–H and O–H groups in total. The lowest BCUT2D eigenvalue weighted by Gasteiger charge is -2.29. The number of nitrogens with two attached hydrogens (primary N) is 1. The molecule has 1 amide bonds. The number of nitrogens with zero attached hydrogens (tertiary/aromatic N) is 2. The van der Waals surface area contributed by atoms with Crippen molar-refractivity contribution in [2.45, 2.75) is 32.4 Å². The predicted molar refractivity (Wildman–Crippen MR) is 72.3 cm³/mol. The number of piperidine rings is 1. The summed E-state index contributed by atoms with van der Waals surface area (Å²) in [5, 5.41) is 3.96. The summed E-state index contributed by atoms with van der Waals surface area (Å²) in [7, 11) is 0. The standard InChI is InChI=1S/C12H20N4OS/c1-9-14-6-11(18-9)7-15-12(17)8-16-4-2-10(13)3-5-16/h6,10H,2-5,7-8,13H2,1H3,(H,15,17). The highest BCUT2D eigenvalue weighted by Gasteiger charge is 2.17. The van der Waals surface area contributed by atoms with Gasteiger partial charge in [-0.25, -0.2) is 4.98 Å². The van der Waals surface area contributed by atoms with Gasteiger partial charge in [-0.2, -0.15) is 0 Å². The smallest absolute Gasteiger partial charge is 0.234 e. The summed E-state index contributed by atoms with van der Waals surface area (Å²) < 4.78 is 0. The van der Waals surface area contributed by atoms with Gasteiger partial charge in [0.15, 0.2) is 0 Å². The molecule has 0 aromatic carbocycles. The van der Waals surface area contributed by atoms with E-state index >= 15 is 0 Å². The van der Waals surface area contributed by atoms with Gasteiger partial charge >= 0.3 is 0 Å². The molecule has 0 unspecified atom stereocenters. The first-order chi connectivity index (χ1) is 8.63. The van der Waals surface area contributed by atoms with Crippen LogP contribution < -0.4 is 11.1 Å². The lowest BCUT2D eigenvalue weighted by molar-refractivity contribution is -0.122. The molecule has 0 bridgehead atoms. The van der Waals surface area contributed by atoms with Crippen molar-refractivity contribution in [3.05, 3.63) is 16.1 Å². The molecule has 2 rings (SSSR count). The van der Waals surface area contributed by atoms with Crippen molar-refractivity contribution in [2.75, 3.05) is 19.6 Å². The van der Waals surface area contributed by atoms with Crippen LogP contribution in [0.3, 0.4) is 0 Å². The van der Waals surface area contributed by atoms with Crippen LogP contribution in [-0.4, -0.2) is 41.5 Å². The Balaban J connectivity index is 1.69. The monoisotopic (exact) mass is 268 g/mol. The summed E-state index contributed by atoms with van der Waals surface area (Å²) in [4.78, 5) is 19.2. The fourth-order valence-corrected chi connectivity index (χ4v) is 2.78. The van der Waals surface area contributed by atoms with Crippen molar-refractivity contribution in [2.24, 2.45) is 5.73 Å². The van der Waals surface area contributed by atoms with Gasteiger partial charge in [-0.1, -0.05) is 0 Å². The van der Waals surface area contributed by atoms with E-state index in [1.807, 2.05) is 13.1 Å². The number of aromatic nitrogens is 1. The number of amides is 1. The fourth-order valence-electron chi connectivity index (χ4n) is 2.04. The second kappa shape index (κ2) is 6.26. The maximum Gasteiger partial charge on any atom is 0.234 e. The molecule has 0 atom stereocenters. The van der Waals surface area contributed by atoms with Crippen molar-refractivity contribution in [1.82, 2.24) is 15.2 Å². The van der Waals surface area contributed by atoms with Crippen LogP contribution >= 0.6 is 11.3 Å². The second-order valence-electron chi connectivity index (χ2n) is 4.74. The molecule has 2 heterocycles. The SMILES string of the molecule is Cc1ncc(CNC(=O)CN2CCC(N)CC2)s1. The predicted octanol–water partition coefficient (Wildman–Crippen LogP) is 0.491. The molecule has 5 nitrogen and oxygen atoms in total. The van der Waals surface area contributed by atoms with E-state index in [-0.39, 0.29) is 5.91 Å². The van der Waals surface area contributed by atoms with Crippen molar-refractivity contribution in [3.63, 3.8) is 0 Å². The molecule has 6 heteroatoms. The van der Waals surface area contributed by atoms with Crippen LogP contribution in [-0.2, 0) is 11.3 Å². The highest BCUT2D eigenvalue weighted by Crippen LogP contribution is 2.11. The summed E-state index contributed by atoms with van der Waals surface area (Å²) in [6, 6.07) is 0.310. The van der Waals surface area contributed by atoms with Crippen LogP contribution in [0.2, 0.25) is 0 Å². The van der Waals surface area contributed by atoms with Crippen molar-refractivity contribution >= 4 is 17.2 Å². The summed E-state index contributed by atoms with van der Waals surface area (Å²) in [5.74, 6) is 0.0801. The Morgan fingerprint density at radius 3 is 2.94 bits per heavy atom. The van der Waals surface area contributed by atoms with Gasteiger partial charge in [-0.15, -0.1) is 11.3 Å². The highest BCUT2D eigenvalue weighted by atomic mass is 32.1. The van der Waals surface area contributed by atoms with E-state index in [0.29, 0.717) is 19.1 Å². The first-order valence-corrected chi connectivity index (χ1v) is 7.11. The van der Waals surface area contributed by atoms with E-state index in [0.717, 1.165) is 35.8 Å². The first kappa shape index (κ1) is 13.5. The highest BCUT2D eigenvalue weighted by molar-refractivity contribution is 7.11. The van der Waals surface area contributed by atoms with E-state index < -0.39 is 0 Å². The van der Waals surface area contributed by atoms with Crippen molar-refractivity contribution in [3.8, 4) is 0 Å². The molecular formula is C12H20N4OS. The van der Waals surface area contributed by atoms with E-state index in [2.05, 4.69) is 15.2 Å². The lowest BCUT2D eigenvalue weighted by atomic mass is 10.1. The second-order valence-corrected chi connectivity index (χ2v) is 6.06. The Hall–Kier alpha value is -0.980. The molecule has 1 saturated heterocycles. The maximum absolute atomic E-state index is 11.8. The van der Waals surface area contributed by atoms with Gasteiger partial charge in [0.1, 0.15) is 0 Å². The number of likely N-dealkylation sites (tertiary alicyclic amines) is 1. The zero-order chi connectivity index (χ0) is 13.0. The summed E-state index contributed by atoms with van der Waals surface area (Å²) in [5.41, 5.74) is 5.83. The molecule has 1 aliphatic heterocycles. The van der Waals surface area contributed by atoms with E-state index in [4.69, 9.17) is 5.73 Å². The van der Waals surface area contributed by atoms with E-state index in [9.17, 15) is 4.79 Å². The molecule has 1 aliphatic rings. The van der Waals surface area contributed by atoms with Crippen molar-refractivity contribution < 1.29 is 4.79 Å². The average molecular weight is 268 g/mol. The number of carbonyl (C=O) groups is 1. The third-order valence-electron chi connectivity index (χ3n) is 3.13. The zero-order valence-electron chi connectivity index (χ0n) is 10.7. The molecule has 1 aromatic heterocycles. The Morgan fingerprint density at radius 2 is 2.33 bits per heavy atom. The van der Waals surface area contributed by atoms with Gasteiger partial charge in [-0.3, -0.25) is 9.69 Å². The van der Waals surface area contributed by atoms with Gasteiger partial charge in [0, 0.05) is 30.2 Å².